The molecule has 1 aromatic rings. The molecule has 0 amide bonds. The fourth-order valence-electron chi connectivity index (χ4n) is 4.49. The van der Waals surface area contributed by atoms with E-state index in [0.29, 0.717) is 5.92 Å². The van der Waals surface area contributed by atoms with Crippen LogP contribution in [0.2, 0.25) is 0 Å². The lowest BCUT2D eigenvalue weighted by Gasteiger charge is -2.31. The lowest BCUT2D eigenvalue weighted by Crippen LogP contribution is -2.41. The smallest absolute Gasteiger partial charge is 0.317 e. The van der Waals surface area contributed by atoms with Crippen molar-refractivity contribution in [3.63, 3.8) is 0 Å². The number of nitrogens with zero attached hydrogens (tertiary/aromatic N) is 5. The van der Waals surface area contributed by atoms with Crippen LogP contribution in [0.25, 0.3) is 0 Å². The second kappa shape index (κ2) is 10.2. The van der Waals surface area contributed by atoms with Crippen molar-refractivity contribution in [2.75, 3.05) is 52.9 Å². The molecule has 168 valence electrons. The SMILES string of the molecule is CN1CCN(N=Cc2ccc(C3=NOC(CC4CCN(CC(=O)O)CC4)C3)cc2)CC1. The van der Waals surface area contributed by atoms with Crippen LogP contribution < -0.4 is 0 Å². The fourth-order valence-corrected chi connectivity index (χ4v) is 4.49. The van der Waals surface area contributed by atoms with Crippen LogP contribution in [0.3, 0.4) is 0 Å². The van der Waals surface area contributed by atoms with Gasteiger partial charge in [0.1, 0.15) is 6.10 Å². The number of likely N-dealkylation sites (tertiary alicyclic amines) is 1. The number of rotatable bonds is 7. The molecule has 0 aliphatic carbocycles. The highest BCUT2D eigenvalue weighted by Crippen LogP contribution is 2.27. The summed E-state index contributed by atoms with van der Waals surface area (Å²) in [6, 6.07) is 8.37. The number of hydrazone groups is 1. The highest BCUT2D eigenvalue weighted by atomic mass is 16.6. The van der Waals surface area contributed by atoms with E-state index in [9.17, 15) is 4.79 Å². The molecule has 2 fully saturated rings. The molecule has 0 aromatic heterocycles. The second-order valence-corrected chi connectivity index (χ2v) is 8.94. The van der Waals surface area contributed by atoms with Gasteiger partial charge in [-0.25, -0.2) is 0 Å². The van der Waals surface area contributed by atoms with Crippen molar-refractivity contribution in [3.05, 3.63) is 35.4 Å². The topological polar surface area (TPSA) is 81.0 Å². The van der Waals surface area contributed by atoms with Gasteiger partial charge in [0, 0.05) is 32.6 Å². The normalized spacial score (nSPS) is 23.8. The summed E-state index contributed by atoms with van der Waals surface area (Å²) in [6.07, 6.45) is 5.95. The summed E-state index contributed by atoms with van der Waals surface area (Å²) < 4.78 is 0. The van der Waals surface area contributed by atoms with Crippen LogP contribution in [0.4, 0.5) is 0 Å². The first-order valence-corrected chi connectivity index (χ1v) is 11.3. The molecule has 8 heteroatoms. The van der Waals surface area contributed by atoms with Crippen molar-refractivity contribution in [2.45, 2.75) is 31.8 Å². The van der Waals surface area contributed by atoms with E-state index >= 15 is 0 Å². The number of likely N-dealkylation sites (N-methyl/N-ethyl adjacent to an activating group) is 1. The second-order valence-electron chi connectivity index (χ2n) is 8.94. The van der Waals surface area contributed by atoms with E-state index in [2.05, 4.69) is 51.5 Å². The number of piperidine rings is 1. The molecule has 0 spiro atoms. The number of aliphatic carboxylic acids is 1. The number of piperazine rings is 1. The molecule has 1 N–H and O–H groups in total. The van der Waals surface area contributed by atoms with Crippen LogP contribution in [-0.2, 0) is 9.63 Å². The Labute approximate surface area is 184 Å². The van der Waals surface area contributed by atoms with Crippen molar-refractivity contribution in [1.29, 1.82) is 0 Å². The van der Waals surface area contributed by atoms with E-state index in [1.165, 1.54) is 0 Å². The van der Waals surface area contributed by atoms with Gasteiger partial charge in [0.25, 0.3) is 0 Å². The Hall–Kier alpha value is -2.45. The van der Waals surface area contributed by atoms with Crippen molar-refractivity contribution in [3.8, 4) is 0 Å². The van der Waals surface area contributed by atoms with Crippen LogP contribution in [-0.4, -0.2) is 96.8 Å². The van der Waals surface area contributed by atoms with Gasteiger partial charge >= 0.3 is 5.97 Å². The van der Waals surface area contributed by atoms with Gasteiger partial charge in [-0.1, -0.05) is 29.4 Å². The third-order valence-corrected chi connectivity index (χ3v) is 6.49. The summed E-state index contributed by atoms with van der Waals surface area (Å²) in [5.41, 5.74) is 3.21. The molecule has 3 aliphatic heterocycles. The van der Waals surface area contributed by atoms with Crippen LogP contribution in [0.5, 0.6) is 0 Å². The zero-order valence-corrected chi connectivity index (χ0v) is 18.3. The highest BCUT2D eigenvalue weighted by Gasteiger charge is 2.28. The first kappa shape index (κ1) is 21.8. The van der Waals surface area contributed by atoms with Gasteiger partial charge < -0.3 is 14.8 Å². The molecule has 0 radical (unpaired) electrons. The Bertz CT molecular complexity index is 794. The molecule has 3 heterocycles. The molecule has 1 unspecified atom stereocenters. The predicted octanol–water partition coefficient (Wildman–Crippen LogP) is 1.95. The Morgan fingerprint density at radius 2 is 1.87 bits per heavy atom. The molecular formula is C23H33N5O3. The maximum atomic E-state index is 10.9. The fraction of sp³-hybridized carbons (Fsp3) is 0.609. The third-order valence-electron chi connectivity index (χ3n) is 6.49. The minimum absolute atomic E-state index is 0.129. The average molecular weight is 428 g/mol. The van der Waals surface area contributed by atoms with Crippen molar-refractivity contribution in [2.24, 2.45) is 16.2 Å². The Morgan fingerprint density at radius 1 is 1.16 bits per heavy atom. The number of carboxylic acid groups (broad SMARTS) is 1. The zero-order valence-electron chi connectivity index (χ0n) is 18.3. The predicted molar refractivity (Wildman–Crippen MR) is 121 cm³/mol. The highest BCUT2D eigenvalue weighted by molar-refractivity contribution is 6.01. The summed E-state index contributed by atoms with van der Waals surface area (Å²) in [7, 11) is 2.14. The Morgan fingerprint density at radius 3 is 2.55 bits per heavy atom. The lowest BCUT2D eigenvalue weighted by atomic mass is 9.89. The first-order valence-electron chi connectivity index (χ1n) is 11.3. The number of carbonyl (C=O) groups is 1. The molecule has 4 rings (SSSR count). The maximum absolute atomic E-state index is 10.9. The monoisotopic (exact) mass is 427 g/mol. The number of benzene rings is 1. The van der Waals surface area contributed by atoms with Gasteiger partial charge in [-0.05, 0) is 56.4 Å². The average Bonchev–Trinajstić information content (AvgIpc) is 3.23. The van der Waals surface area contributed by atoms with Gasteiger partial charge in [0.15, 0.2) is 0 Å². The minimum atomic E-state index is -0.743. The number of hydrogen-bond donors (Lipinski definition) is 1. The van der Waals surface area contributed by atoms with Crippen molar-refractivity contribution < 1.29 is 14.7 Å². The van der Waals surface area contributed by atoms with E-state index in [0.717, 1.165) is 81.8 Å². The molecule has 31 heavy (non-hydrogen) atoms. The maximum Gasteiger partial charge on any atom is 0.317 e. The summed E-state index contributed by atoms with van der Waals surface area (Å²) in [5, 5.41) is 20.0. The molecular weight excluding hydrogens is 394 g/mol. The lowest BCUT2D eigenvalue weighted by molar-refractivity contribution is -0.138. The summed E-state index contributed by atoms with van der Waals surface area (Å²) in [6.45, 7) is 5.91. The van der Waals surface area contributed by atoms with Gasteiger partial charge in [0.05, 0.1) is 18.5 Å². The van der Waals surface area contributed by atoms with Gasteiger partial charge in [-0.3, -0.25) is 14.7 Å². The van der Waals surface area contributed by atoms with E-state index in [1.807, 2.05) is 11.1 Å². The standard InChI is InChI=1S/C23H33N5O3/c1-26-10-12-28(13-11-26)24-16-19-2-4-20(5-3-19)22-15-21(31-25-22)14-18-6-8-27(9-7-18)17-23(29)30/h2-5,16,18,21H,6-15,17H2,1H3,(H,29,30). The molecule has 1 aromatic carbocycles. The summed E-state index contributed by atoms with van der Waals surface area (Å²) in [4.78, 5) is 20.9. The molecule has 3 aliphatic rings. The van der Waals surface area contributed by atoms with E-state index in [-0.39, 0.29) is 12.6 Å². The molecule has 0 bridgehead atoms. The Kier molecular flexibility index (Phi) is 7.19. The van der Waals surface area contributed by atoms with Gasteiger partial charge in [-0.2, -0.15) is 5.10 Å². The van der Waals surface area contributed by atoms with Crippen molar-refractivity contribution >= 4 is 17.9 Å². The van der Waals surface area contributed by atoms with E-state index in [4.69, 9.17) is 9.94 Å². The molecule has 1 atom stereocenters. The van der Waals surface area contributed by atoms with E-state index in [1.54, 1.807) is 0 Å². The number of carboxylic acids is 1. The molecule has 2 saturated heterocycles. The quantitative estimate of drug-likeness (QED) is 0.670. The minimum Gasteiger partial charge on any atom is -0.480 e. The third kappa shape index (κ3) is 6.27. The first-order chi connectivity index (χ1) is 15.0. The number of hydrogen-bond acceptors (Lipinski definition) is 7. The van der Waals surface area contributed by atoms with Crippen LogP contribution in [0.15, 0.2) is 34.5 Å². The zero-order chi connectivity index (χ0) is 21.6. The van der Waals surface area contributed by atoms with Gasteiger partial charge in [-0.15, -0.1) is 0 Å². The van der Waals surface area contributed by atoms with E-state index < -0.39 is 5.97 Å². The summed E-state index contributed by atoms with van der Waals surface area (Å²) in [5.74, 6) is -0.162. The van der Waals surface area contributed by atoms with Crippen LogP contribution in [0, 0.1) is 5.92 Å². The van der Waals surface area contributed by atoms with Crippen LogP contribution >= 0.6 is 0 Å². The Balaban J connectivity index is 1.22. The van der Waals surface area contributed by atoms with Gasteiger partial charge in [0.2, 0.25) is 0 Å². The largest absolute Gasteiger partial charge is 0.480 e. The molecule has 8 nitrogen and oxygen atoms in total. The summed E-state index contributed by atoms with van der Waals surface area (Å²) >= 11 is 0. The number of oxime groups is 1. The van der Waals surface area contributed by atoms with Crippen molar-refractivity contribution in [1.82, 2.24) is 14.8 Å². The molecule has 0 saturated carbocycles. The van der Waals surface area contributed by atoms with Crippen LogP contribution in [0.1, 0.15) is 36.8 Å².